The molecule has 2 aromatic heterocycles. The predicted molar refractivity (Wildman–Crippen MR) is 149 cm³/mol. The standard InChI is InChI=1S/C28H23Cl2N5O4/c1-14(2)34-23-22(32-24(34)17-7-5-6-8-21(17)39-4)26(37)35(16-12-19(30)25(36)33(3)13-16)28(23)18-10-9-15(29)11-20(18)31-27(28)38/h5-14H,1-4H3,(H,31,38)/t28-/m0/s1. The number of para-hydroxylation sites is 1. The maximum Gasteiger partial charge on any atom is 0.280 e. The third-order valence-corrected chi connectivity index (χ3v) is 7.70. The number of anilines is 2. The number of methoxy groups -OCH3 is 1. The first kappa shape index (κ1) is 25.2. The molecule has 0 saturated carbocycles. The number of rotatable bonds is 4. The molecule has 1 spiro atoms. The van der Waals surface area contributed by atoms with E-state index in [1.54, 1.807) is 25.3 Å². The van der Waals surface area contributed by atoms with Gasteiger partial charge in [0.05, 0.1) is 24.1 Å². The van der Waals surface area contributed by atoms with Gasteiger partial charge in [0.1, 0.15) is 16.6 Å². The first-order valence-corrected chi connectivity index (χ1v) is 12.9. The van der Waals surface area contributed by atoms with Crippen LogP contribution in [-0.4, -0.2) is 33.0 Å². The zero-order chi connectivity index (χ0) is 27.8. The van der Waals surface area contributed by atoms with Gasteiger partial charge in [-0.2, -0.15) is 0 Å². The number of carbonyl (C=O) groups is 2. The van der Waals surface area contributed by atoms with Crippen LogP contribution in [0.15, 0.2) is 59.5 Å². The van der Waals surface area contributed by atoms with E-state index in [0.717, 1.165) is 0 Å². The summed E-state index contributed by atoms with van der Waals surface area (Å²) in [7, 11) is 3.10. The van der Waals surface area contributed by atoms with Gasteiger partial charge in [-0.15, -0.1) is 0 Å². The van der Waals surface area contributed by atoms with Crippen LogP contribution in [0.5, 0.6) is 5.75 Å². The van der Waals surface area contributed by atoms with Gasteiger partial charge in [-0.1, -0.05) is 41.4 Å². The summed E-state index contributed by atoms with van der Waals surface area (Å²) in [4.78, 5) is 47.2. The normalized spacial score (nSPS) is 17.7. The van der Waals surface area contributed by atoms with Crippen LogP contribution in [0.2, 0.25) is 10.0 Å². The number of fused-ring (bicyclic) bond motifs is 4. The Balaban J connectivity index is 1.74. The van der Waals surface area contributed by atoms with Gasteiger partial charge in [-0.25, -0.2) is 4.98 Å². The van der Waals surface area contributed by atoms with Crippen molar-refractivity contribution in [2.75, 3.05) is 17.3 Å². The average Bonchev–Trinajstić information content (AvgIpc) is 3.50. The number of amides is 2. The molecule has 2 aliphatic rings. The van der Waals surface area contributed by atoms with Crippen LogP contribution in [-0.2, 0) is 17.4 Å². The van der Waals surface area contributed by atoms with E-state index in [9.17, 15) is 14.4 Å². The number of nitrogens with zero attached hydrogens (tertiary/aromatic N) is 4. The Morgan fingerprint density at radius 2 is 1.79 bits per heavy atom. The van der Waals surface area contributed by atoms with Crippen molar-refractivity contribution in [1.29, 1.82) is 0 Å². The lowest BCUT2D eigenvalue weighted by Gasteiger charge is -2.35. The van der Waals surface area contributed by atoms with Crippen LogP contribution < -0.4 is 20.5 Å². The van der Waals surface area contributed by atoms with Crippen molar-refractivity contribution in [1.82, 2.24) is 14.1 Å². The number of carbonyl (C=O) groups excluding carboxylic acids is 2. The molecule has 198 valence electrons. The summed E-state index contributed by atoms with van der Waals surface area (Å²) >= 11 is 12.6. The number of aryl methyl sites for hydroxylation is 1. The fraction of sp³-hybridized carbons (Fsp3) is 0.214. The predicted octanol–water partition coefficient (Wildman–Crippen LogP) is 5.00. The molecule has 4 heterocycles. The smallest absolute Gasteiger partial charge is 0.280 e. The Labute approximate surface area is 233 Å². The Bertz CT molecular complexity index is 1750. The van der Waals surface area contributed by atoms with Crippen molar-refractivity contribution in [2.45, 2.75) is 25.4 Å². The van der Waals surface area contributed by atoms with Crippen LogP contribution in [0, 0.1) is 0 Å². The highest BCUT2D eigenvalue weighted by Gasteiger charge is 2.64. The molecule has 2 aliphatic heterocycles. The van der Waals surface area contributed by atoms with E-state index < -0.39 is 22.9 Å². The number of aromatic nitrogens is 3. The van der Waals surface area contributed by atoms with Crippen LogP contribution in [0.1, 0.15) is 41.6 Å². The fourth-order valence-corrected chi connectivity index (χ4v) is 6.05. The molecular formula is C28H23Cl2N5O4. The second-order valence-electron chi connectivity index (χ2n) is 9.75. The number of hydrogen-bond donors (Lipinski definition) is 1. The molecule has 9 nitrogen and oxygen atoms in total. The van der Waals surface area contributed by atoms with Gasteiger partial charge in [0, 0.05) is 35.6 Å². The molecule has 0 fully saturated rings. The maximum absolute atomic E-state index is 14.3. The number of pyridine rings is 1. The summed E-state index contributed by atoms with van der Waals surface area (Å²) in [5, 5.41) is 3.27. The van der Waals surface area contributed by atoms with Crippen molar-refractivity contribution in [3.05, 3.63) is 92.1 Å². The number of ether oxygens (including phenoxy) is 1. The molecule has 1 N–H and O–H groups in total. The number of imidazole rings is 1. The van der Waals surface area contributed by atoms with Gasteiger partial charge < -0.3 is 19.2 Å². The highest BCUT2D eigenvalue weighted by atomic mass is 35.5. The SMILES string of the molecule is COc1ccccc1-c1nc2c(n1C(C)C)[C@@]1(C(=O)Nc3cc(Cl)ccc31)N(c1cc(Cl)c(=O)n(C)c1)C2=O. The van der Waals surface area contributed by atoms with E-state index >= 15 is 0 Å². The van der Waals surface area contributed by atoms with Gasteiger partial charge in [0.15, 0.2) is 11.2 Å². The Morgan fingerprint density at radius 3 is 2.49 bits per heavy atom. The number of nitrogens with one attached hydrogen (secondary N) is 1. The van der Waals surface area contributed by atoms with E-state index in [-0.39, 0.29) is 22.4 Å². The summed E-state index contributed by atoms with van der Waals surface area (Å²) in [5.41, 5.74) is 0.413. The molecule has 0 aliphatic carbocycles. The number of benzene rings is 2. The quantitative estimate of drug-likeness (QED) is 0.376. The molecule has 0 saturated heterocycles. The van der Waals surface area contributed by atoms with Crippen molar-refractivity contribution in [3.63, 3.8) is 0 Å². The van der Waals surface area contributed by atoms with Gasteiger partial charge in [-0.05, 0) is 44.2 Å². The first-order chi connectivity index (χ1) is 18.6. The van der Waals surface area contributed by atoms with E-state index in [0.29, 0.717) is 39.1 Å². The third kappa shape index (κ3) is 3.33. The molecule has 11 heteroatoms. The zero-order valence-corrected chi connectivity index (χ0v) is 23.0. The number of hydrogen-bond acceptors (Lipinski definition) is 5. The molecule has 1 atom stereocenters. The van der Waals surface area contributed by atoms with Gasteiger partial charge in [-0.3, -0.25) is 19.3 Å². The molecule has 6 rings (SSSR count). The summed E-state index contributed by atoms with van der Waals surface area (Å²) in [6.45, 7) is 3.92. The minimum absolute atomic E-state index is 0.0846. The van der Waals surface area contributed by atoms with Crippen molar-refractivity contribution in [3.8, 4) is 17.1 Å². The summed E-state index contributed by atoms with van der Waals surface area (Å²) in [6, 6.07) is 13.6. The average molecular weight is 564 g/mol. The molecule has 2 amide bonds. The highest BCUT2D eigenvalue weighted by molar-refractivity contribution is 6.32. The van der Waals surface area contributed by atoms with E-state index in [1.807, 2.05) is 42.7 Å². The van der Waals surface area contributed by atoms with Gasteiger partial charge >= 0.3 is 0 Å². The lowest BCUT2D eigenvalue weighted by Crippen LogP contribution is -2.51. The monoisotopic (exact) mass is 563 g/mol. The minimum atomic E-state index is -1.65. The topological polar surface area (TPSA) is 98.5 Å². The van der Waals surface area contributed by atoms with Crippen LogP contribution >= 0.6 is 23.2 Å². The lowest BCUT2D eigenvalue weighted by atomic mass is 9.87. The summed E-state index contributed by atoms with van der Waals surface area (Å²) < 4.78 is 8.79. The first-order valence-electron chi connectivity index (χ1n) is 12.2. The maximum atomic E-state index is 14.3. The van der Waals surface area contributed by atoms with Gasteiger partial charge in [0.2, 0.25) is 0 Å². The van der Waals surface area contributed by atoms with E-state index in [4.69, 9.17) is 32.9 Å². The molecular weight excluding hydrogens is 541 g/mol. The summed E-state index contributed by atoms with van der Waals surface area (Å²) in [6.07, 6.45) is 1.49. The van der Waals surface area contributed by atoms with E-state index in [2.05, 4.69) is 5.32 Å². The van der Waals surface area contributed by atoms with Crippen LogP contribution in [0.25, 0.3) is 11.4 Å². The van der Waals surface area contributed by atoms with Crippen LogP contribution in [0.4, 0.5) is 11.4 Å². The Hall–Kier alpha value is -4.08. The second-order valence-corrected chi connectivity index (χ2v) is 10.6. The van der Waals surface area contributed by atoms with E-state index in [1.165, 1.54) is 28.8 Å². The Morgan fingerprint density at radius 1 is 1.05 bits per heavy atom. The van der Waals surface area contributed by atoms with Crippen LogP contribution in [0.3, 0.4) is 0 Å². The van der Waals surface area contributed by atoms with Crippen molar-refractivity contribution in [2.24, 2.45) is 7.05 Å². The largest absolute Gasteiger partial charge is 0.496 e. The molecule has 2 aromatic carbocycles. The Kier molecular flexibility index (Phi) is 5.64. The number of halogens is 2. The zero-order valence-electron chi connectivity index (χ0n) is 21.5. The van der Waals surface area contributed by atoms with Gasteiger partial charge in [0.25, 0.3) is 17.4 Å². The minimum Gasteiger partial charge on any atom is -0.496 e. The highest BCUT2D eigenvalue weighted by Crippen LogP contribution is 2.54. The molecule has 4 aromatic rings. The van der Waals surface area contributed by atoms with Crippen molar-refractivity contribution >= 4 is 46.4 Å². The fourth-order valence-electron chi connectivity index (χ4n) is 5.63. The molecule has 39 heavy (non-hydrogen) atoms. The van der Waals surface area contributed by atoms with Crippen molar-refractivity contribution < 1.29 is 14.3 Å². The molecule has 0 unspecified atom stereocenters. The lowest BCUT2D eigenvalue weighted by molar-refractivity contribution is -0.119. The molecule has 0 bridgehead atoms. The molecule has 0 radical (unpaired) electrons. The third-order valence-electron chi connectivity index (χ3n) is 7.19. The summed E-state index contributed by atoms with van der Waals surface area (Å²) in [5.74, 6) is 0.112. The second kappa shape index (κ2) is 8.72.